The van der Waals surface area contributed by atoms with Gasteiger partial charge < -0.3 is 15.5 Å². The molecule has 0 atom stereocenters. The first-order valence-electron chi connectivity index (χ1n) is 10.5. The maximum Gasteiger partial charge on any atom is 0.230 e. The SMILES string of the molecule is CS(=O)(=O)Nc1cccc(-c2ccc3nc(Cc4nnc(CC(=O)NC5(N)CC5)o4)sc3c2)c1. The minimum Gasteiger partial charge on any atom is -0.424 e. The first kappa shape index (κ1) is 22.4. The number of sulfonamides is 1. The molecule has 12 heteroatoms. The summed E-state index contributed by atoms with van der Waals surface area (Å²) >= 11 is 1.51. The van der Waals surface area contributed by atoms with Crippen LogP contribution in [-0.2, 0) is 27.7 Å². The third kappa shape index (κ3) is 5.41. The molecule has 1 aliphatic carbocycles. The number of nitrogens with two attached hydrogens (primary N) is 1. The molecule has 0 saturated heterocycles. The van der Waals surface area contributed by atoms with E-state index < -0.39 is 15.7 Å². The molecule has 1 amide bonds. The van der Waals surface area contributed by atoms with Gasteiger partial charge in [0.15, 0.2) is 0 Å². The molecule has 34 heavy (non-hydrogen) atoms. The number of anilines is 1. The van der Waals surface area contributed by atoms with Crippen molar-refractivity contribution >= 4 is 43.2 Å². The number of amides is 1. The van der Waals surface area contributed by atoms with Gasteiger partial charge in [-0.3, -0.25) is 9.52 Å². The monoisotopic (exact) mass is 498 g/mol. The van der Waals surface area contributed by atoms with E-state index in [9.17, 15) is 13.2 Å². The second-order valence-corrected chi connectivity index (χ2v) is 11.3. The number of hydrogen-bond donors (Lipinski definition) is 3. The fourth-order valence-corrected chi connectivity index (χ4v) is 5.04. The number of fused-ring (bicyclic) bond motifs is 1. The van der Waals surface area contributed by atoms with E-state index in [1.165, 1.54) is 11.3 Å². The maximum atomic E-state index is 12.0. The number of hydrogen-bond acceptors (Lipinski definition) is 9. The Bertz CT molecular complexity index is 1490. The van der Waals surface area contributed by atoms with Gasteiger partial charge >= 0.3 is 0 Å². The zero-order chi connectivity index (χ0) is 23.9. The molecule has 1 saturated carbocycles. The summed E-state index contributed by atoms with van der Waals surface area (Å²) < 4.78 is 32.2. The molecular formula is C22H22N6O4S2. The predicted octanol–water partition coefficient (Wildman–Crippen LogP) is 2.42. The van der Waals surface area contributed by atoms with E-state index in [1.807, 2.05) is 24.3 Å². The van der Waals surface area contributed by atoms with Gasteiger partial charge in [0.05, 0.1) is 28.6 Å². The van der Waals surface area contributed by atoms with Gasteiger partial charge in [-0.15, -0.1) is 21.5 Å². The van der Waals surface area contributed by atoms with Crippen molar-refractivity contribution in [3.8, 4) is 11.1 Å². The standard InChI is InChI=1S/C22H22N6O4S2/c1-34(30,31)28-15-4-2-3-13(9-15)14-5-6-16-17(10-14)33-21(24-16)12-20-27-26-19(32-20)11-18(29)25-22(23)7-8-22/h2-6,9-10,28H,7-8,11-12,23H2,1H3,(H,25,29). The first-order valence-corrected chi connectivity index (χ1v) is 13.2. The molecule has 2 heterocycles. The van der Waals surface area contributed by atoms with Gasteiger partial charge in [0, 0.05) is 5.69 Å². The summed E-state index contributed by atoms with van der Waals surface area (Å²) in [6.45, 7) is 0. The largest absolute Gasteiger partial charge is 0.424 e. The molecular weight excluding hydrogens is 476 g/mol. The van der Waals surface area contributed by atoms with Crippen molar-refractivity contribution in [2.24, 2.45) is 5.73 Å². The van der Waals surface area contributed by atoms with Gasteiger partial charge in [0.1, 0.15) is 11.4 Å². The molecule has 176 valence electrons. The van der Waals surface area contributed by atoms with Crippen LogP contribution in [0.15, 0.2) is 46.9 Å². The summed E-state index contributed by atoms with van der Waals surface area (Å²) in [5.74, 6) is 0.386. The number of aromatic nitrogens is 3. The van der Waals surface area contributed by atoms with E-state index in [4.69, 9.17) is 10.2 Å². The Hall–Kier alpha value is -3.35. The van der Waals surface area contributed by atoms with Crippen LogP contribution < -0.4 is 15.8 Å². The molecule has 0 spiro atoms. The van der Waals surface area contributed by atoms with Crippen molar-refractivity contribution in [2.45, 2.75) is 31.3 Å². The van der Waals surface area contributed by atoms with Gasteiger partial charge in [-0.25, -0.2) is 13.4 Å². The highest BCUT2D eigenvalue weighted by molar-refractivity contribution is 7.92. The number of nitrogens with one attached hydrogen (secondary N) is 2. The smallest absolute Gasteiger partial charge is 0.230 e. The van der Waals surface area contributed by atoms with Crippen LogP contribution in [0.2, 0.25) is 0 Å². The van der Waals surface area contributed by atoms with E-state index in [0.717, 1.165) is 45.4 Å². The predicted molar refractivity (Wildman–Crippen MR) is 129 cm³/mol. The number of thiazole rings is 1. The Morgan fingerprint density at radius 2 is 1.91 bits per heavy atom. The Morgan fingerprint density at radius 1 is 1.15 bits per heavy atom. The number of benzene rings is 2. The van der Waals surface area contributed by atoms with E-state index >= 15 is 0 Å². The van der Waals surface area contributed by atoms with Crippen molar-refractivity contribution in [1.82, 2.24) is 20.5 Å². The lowest BCUT2D eigenvalue weighted by Gasteiger charge is -2.09. The lowest BCUT2D eigenvalue weighted by atomic mass is 10.1. The highest BCUT2D eigenvalue weighted by atomic mass is 32.2. The van der Waals surface area contributed by atoms with Crippen LogP contribution in [0, 0.1) is 0 Å². The molecule has 5 rings (SSSR count). The summed E-state index contributed by atoms with van der Waals surface area (Å²) in [6, 6.07) is 13.1. The first-order chi connectivity index (χ1) is 16.1. The summed E-state index contributed by atoms with van der Waals surface area (Å²) in [5, 5.41) is 11.5. The fourth-order valence-electron chi connectivity index (χ4n) is 3.48. The van der Waals surface area contributed by atoms with Crippen molar-refractivity contribution < 1.29 is 17.6 Å². The zero-order valence-corrected chi connectivity index (χ0v) is 19.9. The van der Waals surface area contributed by atoms with Crippen molar-refractivity contribution in [2.75, 3.05) is 11.0 Å². The Balaban J connectivity index is 1.29. The van der Waals surface area contributed by atoms with Gasteiger partial charge in [0.25, 0.3) is 0 Å². The number of carbonyl (C=O) groups excluding carboxylic acids is 1. The highest BCUT2D eigenvalue weighted by Gasteiger charge is 2.39. The summed E-state index contributed by atoms with van der Waals surface area (Å²) in [6.07, 6.45) is 3.02. The van der Waals surface area contributed by atoms with Crippen molar-refractivity contribution in [3.63, 3.8) is 0 Å². The van der Waals surface area contributed by atoms with Gasteiger partial charge in [-0.1, -0.05) is 18.2 Å². The second kappa shape index (κ2) is 8.46. The molecule has 2 aromatic carbocycles. The Labute approximate surface area is 199 Å². The highest BCUT2D eigenvalue weighted by Crippen LogP contribution is 2.31. The van der Waals surface area contributed by atoms with Crippen LogP contribution >= 0.6 is 11.3 Å². The molecule has 1 aliphatic rings. The van der Waals surface area contributed by atoms with Gasteiger partial charge in [0.2, 0.25) is 27.7 Å². The average Bonchev–Trinajstić information content (AvgIpc) is 3.14. The molecule has 1 fully saturated rings. The van der Waals surface area contributed by atoms with Crippen molar-refractivity contribution in [1.29, 1.82) is 0 Å². The van der Waals surface area contributed by atoms with Crippen molar-refractivity contribution in [3.05, 3.63) is 59.3 Å². The molecule has 2 aromatic heterocycles. The molecule has 4 aromatic rings. The van der Waals surface area contributed by atoms with Crippen LogP contribution in [0.25, 0.3) is 21.3 Å². The van der Waals surface area contributed by atoms with Gasteiger partial charge in [-0.2, -0.15) is 0 Å². The van der Waals surface area contributed by atoms with E-state index in [2.05, 4.69) is 25.2 Å². The van der Waals surface area contributed by atoms with E-state index in [0.29, 0.717) is 18.0 Å². The molecule has 10 nitrogen and oxygen atoms in total. The topological polar surface area (TPSA) is 153 Å². The second-order valence-electron chi connectivity index (χ2n) is 8.39. The van der Waals surface area contributed by atoms with Crippen LogP contribution in [0.3, 0.4) is 0 Å². The average molecular weight is 499 g/mol. The van der Waals surface area contributed by atoms with E-state index in [1.54, 1.807) is 18.2 Å². The number of carbonyl (C=O) groups is 1. The minimum atomic E-state index is -3.35. The summed E-state index contributed by atoms with van der Waals surface area (Å²) in [4.78, 5) is 16.7. The fraction of sp³-hybridized carbons (Fsp3) is 0.273. The molecule has 0 bridgehead atoms. The number of nitrogens with zero attached hydrogens (tertiary/aromatic N) is 3. The normalized spacial score (nSPS) is 14.8. The third-order valence-electron chi connectivity index (χ3n) is 5.23. The van der Waals surface area contributed by atoms with E-state index in [-0.39, 0.29) is 18.2 Å². The van der Waals surface area contributed by atoms with Crippen LogP contribution in [0.4, 0.5) is 5.69 Å². The maximum absolute atomic E-state index is 12.0. The lowest BCUT2D eigenvalue weighted by Crippen LogP contribution is -2.44. The molecule has 0 radical (unpaired) electrons. The molecule has 0 unspecified atom stereocenters. The minimum absolute atomic E-state index is 0.0115. The third-order valence-corrected chi connectivity index (χ3v) is 6.86. The lowest BCUT2D eigenvalue weighted by molar-refractivity contribution is -0.121. The zero-order valence-electron chi connectivity index (χ0n) is 18.2. The summed E-state index contributed by atoms with van der Waals surface area (Å²) in [7, 11) is -3.35. The van der Waals surface area contributed by atoms with Crippen LogP contribution in [0.5, 0.6) is 0 Å². The Kier molecular flexibility index (Phi) is 5.58. The Morgan fingerprint density at radius 3 is 2.68 bits per heavy atom. The quantitative estimate of drug-likeness (QED) is 0.313. The summed E-state index contributed by atoms with van der Waals surface area (Å²) in [5.41, 5.74) is 8.49. The molecule has 4 N–H and O–H groups in total. The van der Waals surface area contributed by atoms with Gasteiger partial charge in [-0.05, 0) is 48.2 Å². The van der Waals surface area contributed by atoms with Crippen LogP contribution in [0.1, 0.15) is 29.6 Å². The number of rotatable bonds is 8. The molecule has 0 aliphatic heterocycles. The van der Waals surface area contributed by atoms with Crippen LogP contribution in [-0.4, -0.2) is 41.4 Å².